The van der Waals surface area contributed by atoms with Crippen molar-refractivity contribution in [3.05, 3.63) is 18.2 Å². The van der Waals surface area contributed by atoms with E-state index in [-0.39, 0.29) is 10.8 Å². The third-order valence-electron chi connectivity index (χ3n) is 2.85. The Kier molecular flexibility index (Phi) is 3.66. The maximum atomic E-state index is 12.0. The quantitative estimate of drug-likeness (QED) is 0.870. The van der Waals surface area contributed by atoms with Gasteiger partial charge in [-0.15, -0.1) is 0 Å². The minimum absolute atomic E-state index is 0.0286. The average molecular weight is 285 g/mol. The van der Waals surface area contributed by atoms with Crippen LogP contribution in [0.25, 0.3) is 0 Å². The smallest absolute Gasteiger partial charge is 0.264 e. The van der Waals surface area contributed by atoms with Crippen LogP contribution < -0.4 is 14.2 Å². The van der Waals surface area contributed by atoms with E-state index in [4.69, 9.17) is 9.47 Å². The van der Waals surface area contributed by atoms with Crippen LogP contribution >= 0.6 is 0 Å². The van der Waals surface area contributed by atoms with E-state index in [9.17, 15) is 13.2 Å². The molecule has 1 aromatic rings. The van der Waals surface area contributed by atoms with E-state index in [0.29, 0.717) is 11.5 Å². The summed E-state index contributed by atoms with van der Waals surface area (Å²) in [6.07, 6.45) is 1.49. The highest BCUT2D eigenvalue weighted by molar-refractivity contribution is 7.90. The van der Waals surface area contributed by atoms with Gasteiger partial charge in [-0.05, 0) is 25.0 Å². The molecule has 0 aliphatic heterocycles. The molecule has 1 amide bonds. The summed E-state index contributed by atoms with van der Waals surface area (Å²) in [6, 6.07) is 4.17. The van der Waals surface area contributed by atoms with Gasteiger partial charge in [0.25, 0.3) is 10.0 Å². The summed E-state index contributed by atoms with van der Waals surface area (Å²) in [5.74, 6) is 0.101. The van der Waals surface area contributed by atoms with E-state index in [1.54, 1.807) is 0 Å². The SMILES string of the molecule is COc1ccc(S(=O)(=O)NC(=O)C2CC2)cc1OC. The number of carbonyl (C=O) groups excluding carboxylic acids is 1. The Morgan fingerprint density at radius 3 is 2.37 bits per heavy atom. The first-order valence-corrected chi connectivity index (χ1v) is 7.25. The fourth-order valence-electron chi connectivity index (χ4n) is 1.60. The maximum absolute atomic E-state index is 12.0. The molecule has 6 nitrogen and oxygen atoms in total. The number of methoxy groups -OCH3 is 2. The van der Waals surface area contributed by atoms with Crippen LogP contribution in [-0.4, -0.2) is 28.5 Å². The summed E-state index contributed by atoms with van der Waals surface area (Å²) in [6.45, 7) is 0. The average Bonchev–Trinajstić information content (AvgIpc) is 3.21. The molecule has 0 aromatic heterocycles. The first-order chi connectivity index (χ1) is 8.97. The van der Waals surface area contributed by atoms with E-state index in [1.807, 2.05) is 0 Å². The molecule has 1 fully saturated rings. The van der Waals surface area contributed by atoms with Crippen LogP contribution in [0.15, 0.2) is 23.1 Å². The predicted octanol–water partition coefficient (Wildman–Crippen LogP) is 0.919. The Morgan fingerprint density at radius 1 is 1.21 bits per heavy atom. The van der Waals surface area contributed by atoms with Gasteiger partial charge in [-0.2, -0.15) is 0 Å². The lowest BCUT2D eigenvalue weighted by atomic mass is 10.3. The zero-order valence-corrected chi connectivity index (χ0v) is 11.5. The molecule has 1 aromatic carbocycles. The molecular formula is C12H15NO5S. The van der Waals surface area contributed by atoms with Crippen molar-refractivity contribution in [3.8, 4) is 11.5 Å². The number of carbonyl (C=O) groups is 1. The van der Waals surface area contributed by atoms with Crippen LogP contribution in [0, 0.1) is 5.92 Å². The molecule has 0 spiro atoms. The molecular weight excluding hydrogens is 270 g/mol. The summed E-state index contributed by atoms with van der Waals surface area (Å²) in [5, 5.41) is 0. The third kappa shape index (κ3) is 2.98. The molecule has 1 N–H and O–H groups in total. The summed E-state index contributed by atoms with van der Waals surface area (Å²) in [5.41, 5.74) is 0. The topological polar surface area (TPSA) is 81.7 Å². The predicted molar refractivity (Wildman–Crippen MR) is 67.6 cm³/mol. The first-order valence-electron chi connectivity index (χ1n) is 5.76. The normalized spacial score (nSPS) is 14.8. The number of ether oxygens (including phenoxy) is 2. The van der Waals surface area contributed by atoms with Crippen molar-refractivity contribution in [3.63, 3.8) is 0 Å². The summed E-state index contributed by atoms with van der Waals surface area (Å²) in [7, 11) is -0.984. The number of hydrogen-bond donors (Lipinski definition) is 1. The Labute approximate surface area is 111 Å². The van der Waals surface area contributed by atoms with Crippen molar-refractivity contribution < 1.29 is 22.7 Å². The number of hydrogen-bond acceptors (Lipinski definition) is 5. The molecule has 7 heteroatoms. The van der Waals surface area contributed by atoms with Gasteiger partial charge in [-0.25, -0.2) is 13.1 Å². The van der Waals surface area contributed by atoms with Crippen molar-refractivity contribution in [1.82, 2.24) is 4.72 Å². The molecule has 1 saturated carbocycles. The Hall–Kier alpha value is -1.76. The van der Waals surface area contributed by atoms with Gasteiger partial charge in [-0.1, -0.05) is 0 Å². The lowest BCUT2D eigenvalue weighted by Gasteiger charge is -2.10. The molecule has 0 atom stereocenters. The molecule has 1 aliphatic rings. The van der Waals surface area contributed by atoms with Crippen LogP contribution in [0.5, 0.6) is 11.5 Å². The Bertz CT molecular complexity index is 592. The van der Waals surface area contributed by atoms with Gasteiger partial charge in [0.1, 0.15) is 0 Å². The van der Waals surface area contributed by atoms with Crippen LogP contribution in [0.2, 0.25) is 0 Å². The van der Waals surface area contributed by atoms with E-state index in [2.05, 4.69) is 4.72 Å². The number of sulfonamides is 1. The summed E-state index contributed by atoms with van der Waals surface area (Å²) >= 11 is 0. The molecule has 0 radical (unpaired) electrons. The number of nitrogens with one attached hydrogen (secondary N) is 1. The molecule has 19 heavy (non-hydrogen) atoms. The van der Waals surface area contributed by atoms with Gasteiger partial charge >= 0.3 is 0 Å². The Morgan fingerprint density at radius 2 is 1.84 bits per heavy atom. The van der Waals surface area contributed by atoms with Gasteiger partial charge < -0.3 is 9.47 Å². The molecule has 0 heterocycles. The second kappa shape index (κ2) is 5.08. The molecule has 104 valence electrons. The third-order valence-corrected chi connectivity index (χ3v) is 4.19. The highest BCUT2D eigenvalue weighted by atomic mass is 32.2. The Balaban J connectivity index is 2.26. The van der Waals surface area contributed by atoms with E-state index < -0.39 is 15.9 Å². The number of amides is 1. The van der Waals surface area contributed by atoms with Crippen LogP contribution in [0.3, 0.4) is 0 Å². The summed E-state index contributed by atoms with van der Waals surface area (Å²) < 4.78 is 36.1. The van der Waals surface area contributed by atoms with Crippen molar-refractivity contribution in [2.75, 3.05) is 14.2 Å². The number of rotatable bonds is 5. The van der Waals surface area contributed by atoms with Gasteiger partial charge in [0.2, 0.25) is 5.91 Å². The second-order valence-corrected chi connectivity index (χ2v) is 5.94. The van der Waals surface area contributed by atoms with Gasteiger partial charge in [-0.3, -0.25) is 4.79 Å². The lowest BCUT2D eigenvalue weighted by molar-refractivity contribution is -0.120. The highest BCUT2D eigenvalue weighted by Crippen LogP contribution is 2.31. The van der Waals surface area contributed by atoms with Gasteiger partial charge in [0.15, 0.2) is 11.5 Å². The van der Waals surface area contributed by atoms with Crippen LogP contribution in [0.4, 0.5) is 0 Å². The maximum Gasteiger partial charge on any atom is 0.264 e. The van der Waals surface area contributed by atoms with Gasteiger partial charge in [0.05, 0.1) is 19.1 Å². The fraction of sp³-hybridized carbons (Fsp3) is 0.417. The lowest BCUT2D eigenvalue weighted by Crippen LogP contribution is -2.31. The summed E-state index contributed by atoms with van der Waals surface area (Å²) in [4.78, 5) is 11.5. The van der Waals surface area contributed by atoms with Crippen molar-refractivity contribution >= 4 is 15.9 Å². The molecule has 0 unspecified atom stereocenters. The largest absolute Gasteiger partial charge is 0.493 e. The first kappa shape index (κ1) is 13.7. The van der Waals surface area contributed by atoms with E-state index in [0.717, 1.165) is 12.8 Å². The molecule has 0 saturated heterocycles. The molecule has 0 bridgehead atoms. The standard InChI is InChI=1S/C12H15NO5S/c1-17-10-6-5-9(7-11(10)18-2)19(15,16)13-12(14)8-3-4-8/h5-8H,3-4H2,1-2H3,(H,13,14). The molecule has 2 rings (SSSR count). The zero-order valence-electron chi connectivity index (χ0n) is 10.7. The van der Waals surface area contributed by atoms with E-state index in [1.165, 1.54) is 32.4 Å². The minimum Gasteiger partial charge on any atom is -0.493 e. The monoisotopic (exact) mass is 285 g/mol. The van der Waals surface area contributed by atoms with E-state index >= 15 is 0 Å². The fourth-order valence-corrected chi connectivity index (χ4v) is 2.66. The van der Waals surface area contributed by atoms with Crippen molar-refractivity contribution in [2.45, 2.75) is 17.7 Å². The van der Waals surface area contributed by atoms with Crippen molar-refractivity contribution in [2.24, 2.45) is 5.92 Å². The molecule has 1 aliphatic carbocycles. The minimum atomic E-state index is -3.86. The number of benzene rings is 1. The van der Waals surface area contributed by atoms with Crippen molar-refractivity contribution in [1.29, 1.82) is 0 Å². The van der Waals surface area contributed by atoms with Crippen LogP contribution in [0.1, 0.15) is 12.8 Å². The highest BCUT2D eigenvalue weighted by Gasteiger charge is 2.32. The van der Waals surface area contributed by atoms with Crippen LogP contribution in [-0.2, 0) is 14.8 Å². The zero-order chi connectivity index (χ0) is 14.0. The van der Waals surface area contributed by atoms with Gasteiger partial charge in [0, 0.05) is 12.0 Å². The second-order valence-electron chi connectivity index (χ2n) is 4.26.